The van der Waals surface area contributed by atoms with Gasteiger partial charge in [-0.15, -0.1) is 0 Å². The van der Waals surface area contributed by atoms with E-state index >= 15 is 0 Å². The Hall–Kier alpha value is -1.28. The summed E-state index contributed by atoms with van der Waals surface area (Å²) in [6.45, 7) is 14.6. The van der Waals surface area contributed by atoms with Crippen molar-refractivity contribution in [1.82, 2.24) is 4.90 Å². The van der Waals surface area contributed by atoms with Crippen LogP contribution in [-0.2, 0) is 23.6 Å². The van der Waals surface area contributed by atoms with Crippen LogP contribution in [-0.4, -0.2) is 61.1 Å². The molecular formula is C20H34BNO6. The van der Waals surface area contributed by atoms with E-state index in [0.29, 0.717) is 13.1 Å². The van der Waals surface area contributed by atoms with Crippen LogP contribution in [0.3, 0.4) is 0 Å². The average molecular weight is 395 g/mol. The molecule has 7 nitrogen and oxygen atoms in total. The fraction of sp³-hybridized carbons (Fsp3) is 0.900. The third kappa shape index (κ3) is 3.54. The van der Waals surface area contributed by atoms with E-state index in [1.165, 1.54) is 7.11 Å². The maximum absolute atomic E-state index is 12.7. The highest BCUT2D eigenvalue weighted by atomic mass is 16.7. The van der Waals surface area contributed by atoms with Crippen molar-refractivity contribution in [2.24, 2.45) is 11.3 Å². The highest BCUT2D eigenvalue weighted by Crippen LogP contribution is 2.58. The van der Waals surface area contributed by atoms with Crippen molar-refractivity contribution >= 4 is 19.2 Å². The predicted molar refractivity (Wildman–Crippen MR) is 105 cm³/mol. The first-order chi connectivity index (χ1) is 12.7. The van der Waals surface area contributed by atoms with Gasteiger partial charge in [0.25, 0.3) is 0 Å². The molecule has 158 valence electrons. The third-order valence-electron chi connectivity index (χ3n) is 6.80. The summed E-state index contributed by atoms with van der Waals surface area (Å²) < 4.78 is 23.1. The Bertz CT molecular complexity index is 634. The van der Waals surface area contributed by atoms with Crippen LogP contribution in [0.5, 0.6) is 0 Å². The van der Waals surface area contributed by atoms with Crippen LogP contribution in [0.25, 0.3) is 0 Å². The molecule has 0 bridgehead atoms. The van der Waals surface area contributed by atoms with Gasteiger partial charge in [0.1, 0.15) is 5.60 Å². The van der Waals surface area contributed by atoms with Gasteiger partial charge in [-0.2, -0.15) is 0 Å². The van der Waals surface area contributed by atoms with Crippen molar-refractivity contribution < 1.29 is 28.4 Å². The fourth-order valence-corrected chi connectivity index (χ4v) is 4.66. The number of likely N-dealkylation sites (tertiary alicyclic amines) is 1. The molecule has 3 aliphatic rings. The highest BCUT2D eigenvalue weighted by molar-refractivity contribution is 6.48. The van der Waals surface area contributed by atoms with E-state index in [9.17, 15) is 9.59 Å². The summed E-state index contributed by atoms with van der Waals surface area (Å²) in [5.74, 6) is -0.693. The van der Waals surface area contributed by atoms with Gasteiger partial charge in [-0.25, -0.2) is 4.79 Å². The van der Waals surface area contributed by atoms with Crippen LogP contribution in [0, 0.1) is 11.3 Å². The van der Waals surface area contributed by atoms with Crippen LogP contribution < -0.4 is 0 Å². The van der Waals surface area contributed by atoms with E-state index in [1.807, 2.05) is 48.5 Å². The van der Waals surface area contributed by atoms with Crippen LogP contribution in [0.15, 0.2) is 0 Å². The number of carbonyl (C=O) groups excluding carboxylic acids is 2. The first-order valence-corrected chi connectivity index (χ1v) is 10.1. The van der Waals surface area contributed by atoms with Gasteiger partial charge in [0.05, 0.1) is 24.2 Å². The van der Waals surface area contributed by atoms with E-state index in [1.54, 1.807) is 4.90 Å². The number of carbonyl (C=O) groups is 2. The molecule has 3 rings (SSSR count). The second kappa shape index (κ2) is 6.62. The monoisotopic (exact) mass is 395 g/mol. The van der Waals surface area contributed by atoms with Crippen LogP contribution in [0.1, 0.15) is 61.3 Å². The highest BCUT2D eigenvalue weighted by Gasteiger charge is 2.66. The van der Waals surface area contributed by atoms with E-state index in [2.05, 4.69) is 0 Å². The Morgan fingerprint density at radius 1 is 1.07 bits per heavy atom. The van der Waals surface area contributed by atoms with Gasteiger partial charge in [0, 0.05) is 24.3 Å². The lowest BCUT2D eigenvalue weighted by atomic mass is 9.60. The quantitative estimate of drug-likeness (QED) is 0.528. The van der Waals surface area contributed by atoms with Gasteiger partial charge < -0.3 is 23.7 Å². The lowest BCUT2D eigenvalue weighted by molar-refractivity contribution is -0.154. The Labute approximate surface area is 168 Å². The van der Waals surface area contributed by atoms with Gasteiger partial charge in [0.15, 0.2) is 0 Å². The number of methoxy groups -OCH3 is 1. The second-order valence-electron chi connectivity index (χ2n) is 10.5. The second-order valence-corrected chi connectivity index (χ2v) is 10.5. The molecule has 2 aliphatic heterocycles. The molecule has 0 N–H and O–H groups in total. The molecule has 1 saturated carbocycles. The van der Waals surface area contributed by atoms with E-state index in [-0.39, 0.29) is 29.2 Å². The van der Waals surface area contributed by atoms with Crippen molar-refractivity contribution in [2.45, 2.75) is 83.9 Å². The molecule has 1 amide bonds. The average Bonchev–Trinajstić information content (AvgIpc) is 2.98. The first-order valence-electron chi connectivity index (χ1n) is 10.1. The predicted octanol–water partition coefficient (Wildman–Crippen LogP) is 3.27. The zero-order valence-electron chi connectivity index (χ0n) is 18.5. The van der Waals surface area contributed by atoms with Crippen LogP contribution >= 0.6 is 0 Å². The molecule has 0 radical (unpaired) electrons. The van der Waals surface area contributed by atoms with Gasteiger partial charge in [-0.3, -0.25) is 4.79 Å². The number of hydrogen-bond donors (Lipinski definition) is 0. The summed E-state index contributed by atoms with van der Waals surface area (Å²) >= 11 is 0. The molecule has 3 fully saturated rings. The first kappa shape index (κ1) is 21.4. The maximum Gasteiger partial charge on any atom is 0.462 e. The molecule has 0 aromatic heterocycles. The standard InChI is InChI=1S/C20H34BNO6/c1-17(2,3)26-16(24)22-11-20(12-22)10-9-13(14(20)15(23)25-8)21-27-18(4,5)19(6,7)28-21/h13-14H,9-12H2,1-8H3. The normalized spacial score (nSPS) is 30.3. The number of esters is 1. The van der Waals surface area contributed by atoms with Crippen molar-refractivity contribution in [3.8, 4) is 0 Å². The van der Waals surface area contributed by atoms with Crippen LogP contribution in [0.2, 0.25) is 5.82 Å². The summed E-state index contributed by atoms with van der Waals surface area (Å²) in [6, 6.07) is 0. The molecule has 1 spiro atoms. The number of rotatable bonds is 2. The van der Waals surface area contributed by atoms with Gasteiger partial charge in [-0.05, 0) is 54.9 Å². The van der Waals surface area contributed by atoms with E-state index in [4.69, 9.17) is 18.8 Å². The minimum absolute atomic E-state index is 0.0886. The zero-order chi connectivity index (χ0) is 21.1. The van der Waals surface area contributed by atoms with Gasteiger partial charge in [0.2, 0.25) is 0 Å². The maximum atomic E-state index is 12.7. The minimum Gasteiger partial charge on any atom is -0.469 e. The van der Waals surface area contributed by atoms with E-state index < -0.39 is 23.9 Å². The minimum atomic E-state index is -0.539. The summed E-state index contributed by atoms with van der Waals surface area (Å²) in [5.41, 5.74) is -1.73. The van der Waals surface area contributed by atoms with Crippen molar-refractivity contribution in [3.05, 3.63) is 0 Å². The number of nitrogens with zero attached hydrogens (tertiary/aromatic N) is 1. The topological polar surface area (TPSA) is 74.3 Å². The molecule has 8 heteroatoms. The Morgan fingerprint density at radius 2 is 1.61 bits per heavy atom. The number of amides is 1. The Kier molecular flexibility index (Phi) is 5.07. The lowest BCUT2D eigenvalue weighted by Crippen LogP contribution is -2.62. The fourth-order valence-electron chi connectivity index (χ4n) is 4.66. The zero-order valence-corrected chi connectivity index (χ0v) is 18.5. The van der Waals surface area contributed by atoms with Crippen molar-refractivity contribution in [2.75, 3.05) is 20.2 Å². The third-order valence-corrected chi connectivity index (χ3v) is 6.80. The Balaban J connectivity index is 1.75. The molecule has 0 aromatic rings. The smallest absolute Gasteiger partial charge is 0.462 e. The largest absolute Gasteiger partial charge is 0.469 e. The summed E-state index contributed by atoms with van der Waals surface area (Å²) in [4.78, 5) is 26.8. The van der Waals surface area contributed by atoms with Crippen molar-refractivity contribution in [3.63, 3.8) is 0 Å². The Morgan fingerprint density at radius 3 is 2.07 bits per heavy atom. The van der Waals surface area contributed by atoms with Crippen LogP contribution in [0.4, 0.5) is 4.79 Å². The molecule has 2 unspecified atom stereocenters. The van der Waals surface area contributed by atoms with Crippen molar-refractivity contribution in [1.29, 1.82) is 0 Å². The molecular weight excluding hydrogens is 361 g/mol. The lowest BCUT2D eigenvalue weighted by Gasteiger charge is -2.51. The van der Waals surface area contributed by atoms with Gasteiger partial charge >= 0.3 is 19.2 Å². The molecule has 28 heavy (non-hydrogen) atoms. The van der Waals surface area contributed by atoms with Gasteiger partial charge in [-0.1, -0.05) is 6.42 Å². The molecule has 2 atom stereocenters. The number of hydrogen-bond acceptors (Lipinski definition) is 6. The molecule has 2 saturated heterocycles. The number of ether oxygens (including phenoxy) is 2. The summed E-state index contributed by atoms with van der Waals surface area (Å²) in [7, 11) is 0.962. The summed E-state index contributed by atoms with van der Waals surface area (Å²) in [5, 5.41) is 0. The molecule has 0 aromatic carbocycles. The summed E-state index contributed by atoms with van der Waals surface area (Å²) in [6.07, 6.45) is 1.31. The molecule has 2 heterocycles. The molecule has 1 aliphatic carbocycles. The van der Waals surface area contributed by atoms with E-state index in [0.717, 1.165) is 12.8 Å². The SMILES string of the molecule is COC(=O)C1C(B2OC(C)(C)C(C)(C)O2)CCC12CN(C(=O)OC(C)(C)C)C2.